The summed E-state index contributed by atoms with van der Waals surface area (Å²) in [5.41, 5.74) is 0. The fourth-order valence-corrected chi connectivity index (χ4v) is 2.26. The van der Waals surface area contributed by atoms with Gasteiger partial charge in [0.25, 0.3) is 5.91 Å². The Morgan fingerprint density at radius 3 is 2.45 bits per heavy atom. The summed E-state index contributed by atoms with van der Waals surface area (Å²) in [5.74, 6) is -0.166. The number of carbonyl (C=O) groups excluding carboxylic acids is 1. The number of furan rings is 1. The van der Waals surface area contributed by atoms with E-state index < -0.39 is 10.8 Å². The number of carbonyl (C=O) groups is 1. The fourth-order valence-electron chi connectivity index (χ4n) is 2.26. The SMILES string of the molecule is O=C(c1ccc([N+](=O)[O-])o1)N1CCN(c2ncccn2)CC1. The van der Waals surface area contributed by atoms with Crippen molar-refractivity contribution in [1.29, 1.82) is 0 Å². The maximum absolute atomic E-state index is 12.2. The number of aromatic nitrogens is 2. The highest BCUT2D eigenvalue weighted by atomic mass is 16.6. The normalized spacial score (nSPS) is 14.9. The van der Waals surface area contributed by atoms with Gasteiger partial charge in [0.15, 0.2) is 5.76 Å². The minimum absolute atomic E-state index is 0.0175. The monoisotopic (exact) mass is 303 g/mol. The predicted molar refractivity (Wildman–Crippen MR) is 75.5 cm³/mol. The van der Waals surface area contributed by atoms with E-state index in [1.54, 1.807) is 23.4 Å². The third-order valence-corrected chi connectivity index (χ3v) is 3.38. The van der Waals surface area contributed by atoms with Gasteiger partial charge in [-0.3, -0.25) is 14.9 Å². The molecule has 114 valence electrons. The molecule has 0 atom stereocenters. The Hall–Kier alpha value is -2.97. The number of rotatable bonds is 3. The third kappa shape index (κ3) is 2.73. The molecular formula is C13H13N5O4. The van der Waals surface area contributed by atoms with E-state index in [-0.39, 0.29) is 11.7 Å². The van der Waals surface area contributed by atoms with Crippen molar-refractivity contribution in [3.63, 3.8) is 0 Å². The van der Waals surface area contributed by atoms with Gasteiger partial charge in [-0.05, 0) is 12.1 Å². The molecule has 0 aromatic carbocycles. The summed E-state index contributed by atoms with van der Waals surface area (Å²) in [5, 5.41) is 10.6. The quantitative estimate of drug-likeness (QED) is 0.613. The van der Waals surface area contributed by atoms with Crippen LogP contribution in [0.25, 0.3) is 0 Å². The molecule has 0 radical (unpaired) electrons. The van der Waals surface area contributed by atoms with Gasteiger partial charge in [-0.15, -0.1) is 0 Å². The third-order valence-electron chi connectivity index (χ3n) is 3.38. The van der Waals surface area contributed by atoms with E-state index >= 15 is 0 Å². The Kier molecular flexibility index (Phi) is 3.69. The summed E-state index contributed by atoms with van der Waals surface area (Å²) in [6, 6.07) is 4.25. The van der Waals surface area contributed by atoms with Gasteiger partial charge >= 0.3 is 5.88 Å². The molecule has 3 rings (SSSR count). The number of amides is 1. The van der Waals surface area contributed by atoms with Crippen LogP contribution < -0.4 is 4.90 Å². The van der Waals surface area contributed by atoms with Crippen LogP contribution in [0, 0.1) is 10.1 Å². The molecule has 9 heteroatoms. The van der Waals surface area contributed by atoms with E-state index in [0.717, 1.165) is 0 Å². The second-order valence-corrected chi connectivity index (χ2v) is 4.72. The molecule has 0 spiro atoms. The Balaban J connectivity index is 1.63. The summed E-state index contributed by atoms with van der Waals surface area (Å²) in [4.78, 5) is 34.1. The van der Waals surface area contributed by atoms with Gasteiger partial charge in [0.1, 0.15) is 4.92 Å². The van der Waals surface area contributed by atoms with Crippen molar-refractivity contribution in [3.05, 3.63) is 46.5 Å². The second-order valence-electron chi connectivity index (χ2n) is 4.72. The van der Waals surface area contributed by atoms with Gasteiger partial charge in [-0.2, -0.15) is 0 Å². The fraction of sp³-hybridized carbons (Fsp3) is 0.308. The Bertz CT molecular complexity index is 679. The van der Waals surface area contributed by atoms with Crippen LogP contribution in [0.3, 0.4) is 0 Å². The number of nitrogens with zero attached hydrogens (tertiary/aromatic N) is 5. The molecular weight excluding hydrogens is 290 g/mol. The molecule has 9 nitrogen and oxygen atoms in total. The summed E-state index contributed by atoms with van der Waals surface area (Å²) in [6.45, 7) is 2.15. The zero-order chi connectivity index (χ0) is 15.5. The number of piperazine rings is 1. The largest absolute Gasteiger partial charge is 0.433 e. The highest BCUT2D eigenvalue weighted by Crippen LogP contribution is 2.18. The van der Waals surface area contributed by atoms with Gasteiger partial charge in [-0.25, -0.2) is 9.97 Å². The number of hydrogen-bond acceptors (Lipinski definition) is 7. The van der Waals surface area contributed by atoms with E-state index in [1.165, 1.54) is 12.1 Å². The zero-order valence-electron chi connectivity index (χ0n) is 11.6. The number of hydrogen-bond donors (Lipinski definition) is 0. The summed E-state index contributed by atoms with van der Waals surface area (Å²) in [7, 11) is 0. The lowest BCUT2D eigenvalue weighted by Crippen LogP contribution is -2.49. The van der Waals surface area contributed by atoms with Gasteiger partial charge in [0, 0.05) is 38.6 Å². The average Bonchev–Trinajstić information content (AvgIpc) is 3.05. The Labute approximate surface area is 125 Å². The lowest BCUT2D eigenvalue weighted by Gasteiger charge is -2.34. The minimum Gasteiger partial charge on any atom is -0.395 e. The standard InChI is InChI=1S/C13H13N5O4/c19-12(10-2-3-11(22-10)18(20)21)16-6-8-17(9-7-16)13-14-4-1-5-15-13/h1-5H,6-9H2. The summed E-state index contributed by atoms with van der Waals surface area (Å²) >= 11 is 0. The summed E-state index contributed by atoms with van der Waals surface area (Å²) in [6.07, 6.45) is 3.34. The van der Waals surface area contributed by atoms with Gasteiger partial charge in [-0.1, -0.05) is 0 Å². The molecule has 0 N–H and O–H groups in total. The van der Waals surface area contributed by atoms with Crippen LogP contribution in [0.4, 0.5) is 11.8 Å². The van der Waals surface area contributed by atoms with Crippen LogP contribution >= 0.6 is 0 Å². The minimum atomic E-state index is -0.665. The van der Waals surface area contributed by atoms with E-state index in [1.807, 2.05) is 4.90 Å². The van der Waals surface area contributed by atoms with Crippen LogP contribution in [0.5, 0.6) is 0 Å². The van der Waals surface area contributed by atoms with Crippen LogP contribution in [-0.4, -0.2) is 51.9 Å². The molecule has 1 aliphatic rings. The van der Waals surface area contributed by atoms with Crippen LogP contribution in [-0.2, 0) is 0 Å². The molecule has 0 bridgehead atoms. The number of nitro groups is 1. The summed E-state index contributed by atoms with van der Waals surface area (Å²) < 4.78 is 4.94. The Morgan fingerprint density at radius 2 is 1.86 bits per heavy atom. The van der Waals surface area contributed by atoms with Crippen molar-refractivity contribution in [2.24, 2.45) is 0 Å². The van der Waals surface area contributed by atoms with Crippen molar-refractivity contribution in [1.82, 2.24) is 14.9 Å². The molecule has 22 heavy (non-hydrogen) atoms. The van der Waals surface area contributed by atoms with Crippen molar-refractivity contribution in [3.8, 4) is 0 Å². The van der Waals surface area contributed by atoms with Gasteiger partial charge in [0.05, 0.1) is 6.07 Å². The second kappa shape index (κ2) is 5.80. The van der Waals surface area contributed by atoms with E-state index in [9.17, 15) is 14.9 Å². The molecule has 0 saturated carbocycles. The molecule has 0 aliphatic carbocycles. The molecule has 1 amide bonds. The topological polar surface area (TPSA) is 106 Å². The van der Waals surface area contributed by atoms with Crippen molar-refractivity contribution in [2.45, 2.75) is 0 Å². The van der Waals surface area contributed by atoms with Crippen molar-refractivity contribution >= 4 is 17.7 Å². The molecule has 1 fully saturated rings. The van der Waals surface area contributed by atoms with E-state index in [2.05, 4.69) is 9.97 Å². The van der Waals surface area contributed by atoms with Crippen LogP contribution in [0.2, 0.25) is 0 Å². The first-order valence-corrected chi connectivity index (χ1v) is 6.70. The first kappa shape index (κ1) is 14.0. The smallest absolute Gasteiger partial charge is 0.395 e. The maximum Gasteiger partial charge on any atom is 0.433 e. The maximum atomic E-state index is 12.2. The molecule has 1 aliphatic heterocycles. The lowest BCUT2D eigenvalue weighted by atomic mass is 10.3. The molecule has 1 saturated heterocycles. The number of anilines is 1. The first-order chi connectivity index (χ1) is 10.6. The van der Waals surface area contributed by atoms with E-state index in [4.69, 9.17) is 4.42 Å². The lowest BCUT2D eigenvalue weighted by molar-refractivity contribution is -0.402. The molecule has 3 heterocycles. The van der Waals surface area contributed by atoms with Crippen molar-refractivity contribution in [2.75, 3.05) is 31.1 Å². The van der Waals surface area contributed by atoms with Crippen molar-refractivity contribution < 1.29 is 14.1 Å². The van der Waals surface area contributed by atoms with Gasteiger partial charge in [0.2, 0.25) is 5.95 Å². The van der Waals surface area contributed by atoms with Crippen LogP contribution in [0.15, 0.2) is 35.0 Å². The molecule has 2 aromatic rings. The predicted octanol–water partition coefficient (Wildman–Crippen LogP) is 0.940. The Morgan fingerprint density at radius 1 is 1.18 bits per heavy atom. The molecule has 0 unspecified atom stereocenters. The first-order valence-electron chi connectivity index (χ1n) is 6.70. The molecule has 2 aromatic heterocycles. The highest BCUT2D eigenvalue weighted by molar-refractivity contribution is 5.91. The zero-order valence-corrected chi connectivity index (χ0v) is 11.6. The highest BCUT2D eigenvalue weighted by Gasteiger charge is 2.26. The van der Waals surface area contributed by atoms with Gasteiger partial charge < -0.3 is 14.2 Å². The van der Waals surface area contributed by atoms with Crippen LogP contribution in [0.1, 0.15) is 10.6 Å². The van der Waals surface area contributed by atoms with E-state index in [0.29, 0.717) is 32.1 Å². The average molecular weight is 303 g/mol.